The molecule has 1 atom stereocenters. The van der Waals surface area contributed by atoms with Gasteiger partial charge in [-0.25, -0.2) is 0 Å². The third-order valence-electron chi connectivity index (χ3n) is 6.42. The van der Waals surface area contributed by atoms with Gasteiger partial charge in [-0.15, -0.1) is 0 Å². The lowest BCUT2D eigenvalue weighted by Crippen LogP contribution is -2.51. The summed E-state index contributed by atoms with van der Waals surface area (Å²) in [4.78, 5) is 2.30. The number of β-amino-alcohol motifs (C(OH)–C–C–N with tert-alkyl or cyclic N) is 1. The molecule has 35 heavy (non-hydrogen) atoms. The molecule has 0 bridgehead atoms. The van der Waals surface area contributed by atoms with E-state index in [1.54, 1.807) is 0 Å². The smallest absolute Gasteiger partial charge is 0.120 e. The number of hydrogen-bond acceptors (Lipinski definition) is 5. The molecule has 3 aromatic rings. The maximum Gasteiger partial charge on any atom is 0.120 e. The van der Waals surface area contributed by atoms with Gasteiger partial charge in [0.1, 0.15) is 23.7 Å². The fraction of sp³-hybridized carbons (Fsp3) is 0.464. The summed E-state index contributed by atoms with van der Waals surface area (Å²) in [6.45, 7) is 10.0. The molecule has 188 valence electrons. The predicted octanol–water partition coefficient (Wildman–Crippen LogP) is 5.34. The van der Waals surface area contributed by atoms with Gasteiger partial charge in [0.2, 0.25) is 0 Å². The zero-order valence-electron chi connectivity index (χ0n) is 21.0. The average Bonchev–Trinajstić information content (AvgIpc) is 3.24. The van der Waals surface area contributed by atoms with Crippen LogP contribution >= 0.6 is 11.6 Å². The number of aliphatic hydroxyl groups is 1. The van der Waals surface area contributed by atoms with Crippen LogP contribution in [0.5, 0.6) is 11.5 Å². The van der Waals surface area contributed by atoms with Crippen LogP contribution in [-0.2, 0) is 13.1 Å². The first-order valence-corrected chi connectivity index (χ1v) is 12.7. The Kier molecular flexibility index (Phi) is 8.37. The molecule has 0 saturated carbocycles. The van der Waals surface area contributed by atoms with E-state index in [4.69, 9.17) is 21.1 Å². The molecule has 1 N–H and O–H groups in total. The van der Waals surface area contributed by atoms with E-state index in [1.807, 2.05) is 62.1 Å². The average molecular weight is 498 g/mol. The Balaban J connectivity index is 1.27. The molecular weight excluding hydrogens is 462 g/mol. The van der Waals surface area contributed by atoms with Crippen LogP contribution in [0.2, 0.25) is 5.02 Å². The predicted molar refractivity (Wildman–Crippen MR) is 139 cm³/mol. The van der Waals surface area contributed by atoms with E-state index in [2.05, 4.69) is 22.1 Å². The second-order valence-electron chi connectivity index (χ2n) is 9.83. The number of nitrogens with zero attached hydrogens (tertiary/aromatic N) is 3. The van der Waals surface area contributed by atoms with Gasteiger partial charge in [-0.1, -0.05) is 23.7 Å². The van der Waals surface area contributed by atoms with Crippen LogP contribution in [0.3, 0.4) is 0 Å². The maximum atomic E-state index is 11.2. The highest BCUT2D eigenvalue weighted by molar-refractivity contribution is 6.32. The Labute approximate surface area is 213 Å². The monoisotopic (exact) mass is 497 g/mol. The van der Waals surface area contributed by atoms with Crippen LogP contribution < -0.4 is 9.47 Å². The highest BCUT2D eigenvalue weighted by Crippen LogP contribution is 2.28. The Bertz CT molecular complexity index is 1110. The van der Waals surface area contributed by atoms with Gasteiger partial charge in [-0.2, -0.15) is 5.10 Å². The van der Waals surface area contributed by atoms with E-state index in [0.29, 0.717) is 13.2 Å². The molecule has 1 saturated heterocycles. The first kappa shape index (κ1) is 25.5. The number of likely N-dealkylation sites (tertiary alicyclic amines) is 1. The Hall–Kier alpha value is -2.54. The summed E-state index contributed by atoms with van der Waals surface area (Å²) in [6.07, 6.45) is 6.48. The molecule has 0 radical (unpaired) electrons. The third-order valence-corrected chi connectivity index (χ3v) is 7.02. The van der Waals surface area contributed by atoms with Gasteiger partial charge in [0, 0.05) is 37.3 Å². The van der Waals surface area contributed by atoms with Crippen molar-refractivity contribution in [3.05, 3.63) is 76.1 Å². The fourth-order valence-electron chi connectivity index (χ4n) is 4.66. The second-order valence-corrected chi connectivity index (χ2v) is 10.2. The number of piperidine rings is 1. The number of rotatable bonds is 10. The summed E-state index contributed by atoms with van der Waals surface area (Å²) in [5, 5.41) is 16.3. The number of ether oxygens (including phenoxy) is 2. The summed E-state index contributed by atoms with van der Waals surface area (Å²) in [5.41, 5.74) is 3.44. The Morgan fingerprint density at radius 1 is 1.09 bits per heavy atom. The van der Waals surface area contributed by atoms with Gasteiger partial charge in [0.15, 0.2) is 0 Å². The normalized spacial score (nSPS) is 18.5. The number of aryl methyl sites for hydroxylation is 4. The van der Waals surface area contributed by atoms with Crippen molar-refractivity contribution >= 4 is 11.6 Å². The van der Waals surface area contributed by atoms with Crippen LogP contribution in [0.15, 0.2) is 48.8 Å². The molecule has 0 aliphatic carbocycles. The van der Waals surface area contributed by atoms with Crippen LogP contribution in [0.1, 0.15) is 41.5 Å². The zero-order chi connectivity index (χ0) is 24.8. The van der Waals surface area contributed by atoms with Gasteiger partial charge in [-0.3, -0.25) is 9.58 Å². The molecule has 2 heterocycles. The molecule has 0 amide bonds. The molecule has 1 aliphatic rings. The van der Waals surface area contributed by atoms with Gasteiger partial charge < -0.3 is 14.6 Å². The standard InChI is InChI=1S/C28H36ClN3O3/c1-21-16-30-32(17-21)11-6-12-34-25-8-4-7-24(15-25)18-31-10-5-9-28(33,19-31)20-35-26-13-22(2)27(29)23(3)14-26/h4,7-8,13-17,33H,5-6,9-12,18-20H2,1-3H3/t28-/m0/s1. The van der Waals surface area contributed by atoms with Gasteiger partial charge >= 0.3 is 0 Å². The molecule has 2 aromatic carbocycles. The van der Waals surface area contributed by atoms with Crippen molar-refractivity contribution in [1.29, 1.82) is 0 Å². The lowest BCUT2D eigenvalue weighted by molar-refractivity contribution is -0.0621. The number of halogens is 1. The van der Waals surface area contributed by atoms with E-state index in [0.717, 1.165) is 66.5 Å². The second kappa shape index (κ2) is 11.5. The molecule has 0 spiro atoms. The van der Waals surface area contributed by atoms with Crippen molar-refractivity contribution in [2.45, 2.75) is 58.7 Å². The van der Waals surface area contributed by atoms with Crippen LogP contribution in [0, 0.1) is 20.8 Å². The molecule has 7 heteroatoms. The lowest BCUT2D eigenvalue weighted by atomic mass is 9.93. The largest absolute Gasteiger partial charge is 0.494 e. The van der Waals surface area contributed by atoms with Gasteiger partial charge in [-0.05, 0) is 86.7 Å². The topological polar surface area (TPSA) is 59.8 Å². The quantitative estimate of drug-likeness (QED) is 0.383. The van der Waals surface area contributed by atoms with Crippen molar-refractivity contribution in [2.75, 3.05) is 26.3 Å². The van der Waals surface area contributed by atoms with Crippen LogP contribution in [0.25, 0.3) is 0 Å². The molecular formula is C28H36ClN3O3. The van der Waals surface area contributed by atoms with Crippen molar-refractivity contribution in [3.63, 3.8) is 0 Å². The number of hydrogen-bond donors (Lipinski definition) is 1. The van der Waals surface area contributed by atoms with E-state index in [-0.39, 0.29) is 6.61 Å². The van der Waals surface area contributed by atoms with E-state index >= 15 is 0 Å². The number of aromatic nitrogens is 2. The Morgan fingerprint density at radius 3 is 2.63 bits per heavy atom. The molecule has 1 aliphatic heterocycles. The minimum absolute atomic E-state index is 0.267. The lowest BCUT2D eigenvalue weighted by Gasteiger charge is -2.39. The van der Waals surface area contributed by atoms with Crippen molar-refractivity contribution < 1.29 is 14.6 Å². The molecule has 0 unspecified atom stereocenters. The molecule has 1 fully saturated rings. The van der Waals surface area contributed by atoms with Gasteiger partial charge in [0.25, 0.3) is 0 Å². The Morgan fingerprint density at radius 2 is 1.89 bits per heavy atom. The maximum absolute atomic E-state index is 11.2. The van der Waals surface area contributed by atoms with E-state index in [9.17, 15) is 5.11 Å². The minimum Gasteiger partial charge on any atom is -0.494 e. The molecule has 1 aromatic heterocycles. The fourth-order valence-corrected chi connectivity index (χ4v) is 4.77. The highest BCUT2D eigenvalue weighted by Gasteiger charge is 2.34. The summed E-state index contributed by atoms with van der Waals surface area (Å²) in [7, 11) is 0. The summed E-state index contributed by atoms with van der Waals surface area (Å²) < 4.78 is 13.9. The van der Waals surface area contributed by atoms with Gasteiger partial charge in [0.05, 0.1) is 12.8 Å². The first-order chi connectivity index (χ1) is 16.8. The molecule has 4 rings (SSSR count). The SMILES string of the molecule is Cc1cnn(CCCOc2cccc(CN3CCC[C@@](O)(COc4cc(C)c(Cl)c(C)c4)C3)c2)c1. The van der Waals surface area contributed by atoms with Crippen LogP contribution in [-0.4, -0.2) is 51.7 Å². The first-order valence-electron chi connectivity index (χ1n) is 12.3. The summed E-state index contributed by atoms with van der Waals surface area (Å²) in [6, 6.07) is 12.1. The van der Waals surface area contributed by atoms with Crippen molar-refractivity contribution in [1.82, 2.24) is 14.7 Å². The minimum atomic E-state index is -0.876. The third kappa shape index (κ3) is 7.23. The number of benzene rings is 2. The van der Waals surface area contributed by atoms with Crippen molar-refractivity contribution in [2.24, 2.45) is 0 Å². The summed E-state index contributed by atoms with van der Waals surface area (Å²) in [5.74, 6) is 1.63. The van der Waals surface area contributed by atoms with Crippen LogP contribution in [0.4, 0.5) is 0 Å². The van der Waals surface area contributed by atoms with E-state index < -0.39 is 5.60 Å². The van der Waals surface area contributed by atoms with Crippen molar-refractivity contribution in [3.8, 4) is 11.5 Å². The highest BCUT2D eigenvalue weighted by atomic mass is 35.5. The van der Waals surface area contributed by atoms with E-state index in [1.165, 1.54) is 11.1 Å². The zero-order valence-corrected chi connectivity index (χ0v) is 21.7. The summed E-state index contributed by atoms with van der Waals surface area (Å²) >= 11 is 6.27. The molecule has 6 nitrogen and oxygen atoms in total.